The zero-order valence-electron chi connectivity index (χ0n) is 7.24. The first-order valence-electron chi connectivity index (χ1n) is 4.08. The van der Waals surface area contributed by atoms with Crippen LogP contribution in [0.15, 0.2) is 29.3 Å². The summed E-state index contributed by atoms with van der Waals surface area (Å²) in [5, 5.41) is 1.62. The van der Waals surface area contributed by atoms with Gasteiger partial charge in [-0.3, -0.25) is 0 Å². The second kappa shape index (κ2) is 2.38. The van der Waals surface area contributed by atoms with E-state index in [4.69, 9.17) is 6.11 Å². The predicted octanol–water partition coefficient (Wildman–Crippen LogP) is 0.420. The molecule has 0 fully saturated rings. The number of hydrogen-bond donors (Lipinski definition) is 0. The van der Waals surface area contributed by atoms with Gasteiger partial charge in [-0.2, -0.15) is 0 Å². The number of fused-ring (bicyclic) bond motifs is 1. The zero-order valence-corrected chi connectivity index (χ0v) is 6.24. The fraction of sp³-hybridized carbons (Fsp3) is 0.222. The van der Waals surface area contributed by atoms with Crippen molar-refractivity contribution in [2.75, 3.05) is 0 Å². The maximum absolute atomic E-state index is 7.52. The highest BCUT2D eigenvalue weighted by molar-refractivity contribution is 5.18. The number of nitrogens with zero attached hydrogens (tertiary/aromatic N) is 1. The molecule has 2 nitrogen and oxygen atoms in total. The van der Waals surface area contributed by atoms with Crippen molar-refractivity contribution in [1.29, 1.82) is 0 Å². The van der Waals surface area contributed by atoms with Crippen LogP contribution in [0.4, 0.5) is 0 Å². The Morgan fingerprint density at radius 3 is 3.27 bits per heavy atom. The van der Waals surface area contributed by atoms with Crippen molar-refractivity contribution < 1.29 is 6.11 Å². The normalized spacial score (nSPS) is 22.8. The largest absolute Gasteiger partial charge is 0.476 e. The molecule has 2 heteroatoms. The average molecular weight is 148 g/mol. The Morgan fingerprint density at radius 2 is 2.36 bits per heavy atom. The van der Waals surface area contributed by atoms with Crippen LogP contribution in [0, 0.1) is 0 Å². The van der Waals surface area contributed by atoms with Crippen molar-refractivity contribution in [2.45, 2.75) is 13.2 Å². The van der Waals surface area contributed by atoms with Crippen molar-refractivity contribution in [1.82, 2.24) is 0 Å². The summed E-state index contributed by atoms with van der Waals surface area (Å²) in [6.07, 6.45) is -0.0134. The van der Waals surface area contributed by atoms with Crippen molar-refractivity contribution in [3.05, 3.63) is 34.8 Å². The maximum atomic E-state index is 7.52. The summed E-state index contributed by atoms with van der Waals surface area (Å²) in [4.78, 5) is 4.23. The molecule has 0 N–H and O–H groups in total. The van der Waals surface area contributed by atoms with Gasteiger partial charge in [0.15, 0.2) is 6.23 Å². The van der Waals surface area contributed by atoms with E-state index < -0.39 is 0 Å². The van der Waals surface area contributed by atoms with Gasteiger partial charge in [-0.25, -0.2) is 4.99 Å². The molecule has 0 radical (unpaired) electrons. The number of ether oxygens (including phenoxy) is 1. The lowest BCUT2D eigenvalue weighted by molar-refractivity contribution is 0.198. The third kappa shape index (κ3) is 1.11. The summed E-state index contributed by atoms with van der Waals surface area (Å²) < 4.78 is 12.6. The van der Waals surface area contributed by atoms with Crippen molar-refractivity contribution >= 4 is 6.24 Å². The van der Waals surface area contributed by atoms with Crippen molar-refractivity contribution in [3.8, 4) is 0 Å². The molecule has 1 aromatic carbocycles. The Bertz CT molecular complexity index is 413. The van der Waals surface area contributed by atoms with E-state index in [-0.39, 0.29) is 12.5 Å². The van der Waals surface area contributed by atoms with Crippen LogP contribution in [0.2, 0.25) is 0 Å². The van der Waals surface area contributed by atoms with Crippen LogP contribution < -0.4 is 10.6 Å². The van der Waals surface area contributed by atoms with E-state index in [1.807, 2.05) is 31.2 Å². The molecular formula is C9H9NO. The van der Waals surface area contributed by atoms with Crippen LogP contribution in [0.25, 0.3) is 6.24 Å². The Morgan fingerprint density at radius 1 is 1.55 bits per heavy atom. The molecule has 0 amide bonds. The van der Waals surface area contributed by atoms with Crippen LogP contribution in [-0.2, 0) is 4.74 Å². The van der Waals surface area contributed by atoms with Gasteiger partial charge < -0.3 is 4.74 Å². The van der Waals surface area contributed by atoms with E-state index in [2.05, 4.69) is 4.99 Å². The Labute approximate surface area is 66.2 Å². The van der Waals surface area contributed by atoms with Gasteiger partial charge in [0.1, 0.15) is 1.37 Å². The molecule has 1 aliphatic heterocycles. The zero-order chi connectivity index (χ0) is 8.55. The predicted molar refractivity (Wildman–Crippen MR) is 42.2 cm³/mol. The number of hydrogen-bond acceptors (Lipinski definition) is 2. The molecule has 11 heavy (non-hydrogen) atoms. The van der Waals surface area contributed by atoms with Crippen LogP contribution >= 0.6 is 0 Å². The third-order valence-corrected chi connectivity index (χ3v) is 1.56. The number of benzene rings is 1. The lowest BCUT2D eigenvalue weighted by atomic mass is 10.3. The highest BCUT2D eigenvalue weighted by atomic mass is 16.5. The van der Waals surface area contributed by atoms with Gasteiger partial charge in [0.25, 0.3) is 0 Å². The fourth-order valence-corrected chi connectivity index (χ4v) is 1.04. The van der Waals surface area contributed by atoms with E-state index in [1.165, 1.54) is 0 Å². The maximum Gasteiger partial charge on any atom is 0.186 e. The monoisotopic (exact) mass is 148 g/mol. The van der Waals surface area contributed by atoms with E-state index >= 15 is 0 Å². The first kappa shape index (κ1) is 5.35. The fourth-order valence-electron chi connectivity index (χ4n) is 1.04. The van der Waals surface area contributed by atoms with E-state index in [9.17, 15) is 0 Å². The standard InChI is InChI=1S/C9H9NO/c1-7-10-9-5-3-2-4-8(9)6-11-7/h2-7H,1H3/i6D. The topological polar surface area (TPSA) is 21.6 Å². The second-order valence-corrected chi connectivity index (χ2v) is 2.47. The van der Waals surface area contributed by atoms with Gasteiger partial charge >= 0.3 is 0 Å². The van der Waals surface area contributed by atoms with Gasteiger partial charge in [0.05, 0.1) is 11.6 Å². The van der Waals surface area contributed by atoms with Crippen molar-refractivity contribution in [3.63, 3.8) is 0 Å². The second-order valence-electron chi connectivity index (χ2n) is 2.47. The molecule has 1 unspecified atom stereocenters. The molecule has 0 saturated heterocycles. The summed E-state index contributed by atoms with van der Waals surface area (Å²) >= 11 is 0. The van der Waals surface area contributed by atoms with Crippen LogP contribution in [0.1, 0.15) is 8.29 Å². The lowest BCUT2D eigenvalue weighted by Gasteiger charge is -2.09. The van der Waals surface area contributed by atoms with Crippen LogP contribution in [-0.4, -0.2) is 6.23 Å². The first-order chi connectivity index (χ1) is 5.77. The molecule has 0 aliphatic carbocycles. The van der Waals surface area contributed by atoms with E-state index in [0.717, 1.165) is 10.6 Å². The first-order valence-corrected chi connectivity index (χ1v) is 3.58. The SMILES string of the molecule is [2H]C1=c2ccccc2=NC(C)O1. The molecule has 1 aromatic rings. The smallest absolute Gasteiger partial charge is 0.186 e. The van der Waals surface area contributed by atoms with Gasteiger partial charge in [0, 0.05) is 5.22 Å². The molecule has 1 heterocycles. The van der Waals surface area contributed by atoms with E-state index in [0.29, 0.717) is 0 Å². The molecule has 1 atom stereocenters. The average Bonchev–Trinajstić information content (AvgIpc) is 2.04. The molecule has 0 saturated carbocycles. The highest BCUT2D eigenvalue weighted by Crippen LogP contribution is 1.93. The van der Waals surface area contributed by atoms with Crippen molar-refractivity contribution in [2.24, 2.45) is 4.99 Å². The molecular weight excluding hydrogens is 138 g/mol. The van der Waals surface area contributed by atoms with Gasteiger partial charge in [-0.1, -0.05) is 12.1 Å². The minimum absolute atomic E-state index is 0.216. The molecule has 0 spiro atoms. The highest BCUT2D eigenvalue weighted by Gasteiger charge is 1.99. The molecule has 0 aromatic heterocycles. The lowest BCUT2D eigenvalue weighted by Crippen LogP contribution is -2.30. The van der Waals surface area contributed by atoms with Gasteiger partial charge in [-0.15, -0.1) is 0 Å². The minimum atomic E-state index is -0.229. The summed E-state index contributed by atoms with van der Waals surface area (Å²) in [5.41, 5.74) is 0. The molecule has 2 rings (SSSR count). The molecule has 0 bridgehead atoms. The number of rotatable bonds is 0. The van der Waals surface area contributed by atoms with E-state index in [1.54, 1.807) is 0 Å². The molecule has 1 aliphatic rings. The minimum Gasteiger partial charge on any atom is -0.476 e. The Hall–Kier alpha value is -1.31. The quantitative estimate of drug-likeness (QED) is 0.522. The summed E-state index contributed by atoms with van der Waals surface area (Å²) in [7, 11) is 0. The van der Waals surface area contributed by atoms with Crippen LogP contribution in [0.5, 0.6) is 0 Å². The third-order valence-electron chi connectivity index (χ3n) is 1.56. The van der Waals surface area contributed by atoms with Gasteiger partial charge in [0.2, 0.25) is 0 Å². The number of para-hydroxylation sites is 1. The molecule has 56 valence electrons. The Kier molecular flexibility index (Phi) is 1.16. The van der Waals surface area contributed by atoms with Crippen LogP contribution in [0.3, 0.4) is 0 Å². The summed E-state index contributed by atoms with van der Waals surface area (Å²) in [6.45, 7) is 1.82. The summed E-state index contributed by atoms with van der Waals surface area (Å²) in [6, 6.07) is 7.52. The van der Waals surface area contributed by atoms with Gasteiger partial charge in [-0.05, 0) is 19.1 Å². The Balaban J connectivity index is 2.81. The summed E-state index contributed by atoms with van der Waals surface area (Å²) in [5.74, 6) is 0.